The Balaban J connectivity index is 2.32. The highest BCUT2D eigenvalue weighted by Gasteiger charge is 2.38. The predicted octanol–water partition coefficient (Wildman–Crippen LogP) is 2.64. The molecule has 1 fully saturated rings. The van der Waals surface area contributed by atoms with E-state index in [9.17, 15) is 4.39 Å². The summed E-state index contributed by atoms with van der Waals surface area (Å²) in [5, 5.41) is 8.91. The van der Waals surface area contributed by atoms with Crippen LogP contribution >= 0.6 is 0 Å². The highest BCUT2D eigenvalue weighted by molar-refractivity contribution is 5.51. The van der Waals surface area contributed by atoms with Crippen molar-refractivity contribution in [3.63, 3.8) is 0 Å². The van der Waals surface area contributed by atoms with Crippen LogP contribution in [0.3, 0.4) is 0 Å². The molecule has 0 bridgehead atoms. The number of piperazine rings is 1. The van der Waals surface area contributed by atoms with Gasteiger partial charge in [0.15, 0.2) is 0 Å². The maximum atomic E-state index is 14.0. The molecule has 1 saturated heterocycles. The van der Waals surface area contributed by atoms with Gasteiger partial charge in [-0.2, -0.15) is 5.26 Å². The lowest BCUT2D eigenvalue weighted by atomic mass is 9.94. The zero-order valence-electron chi connectivity index (χ0n) is 11.7. The molecule has 0 radical (unpaired) electrons. The van der Waals surface area contributed by atoms with Gasteiger partial charge in [0.2, 0.25) is 0 Å². The molecule has 0 N–H and O–H groups in total. The minimum Gasteiger partial charge on any atom is -0.361 e. The average Bonchev–Trinajstić information content (AvgIpc) is 2.33. The van der Waals surface area contributed by atoms with Crippen LogP contribution in [-0.2, 0) is 0 Å². The van der Waals surface area contributed by atoms with E-state index in [1.165, 1.54) is 6.07 Å². The molecular formula is C15H20FN3. The van der Waals surface area contributed by atoms with Crippen molar-refractivity contribution >= 4 is 5.69 Å². The number of anilines is 1. The third-order valence-electron chi connectivity index (χ3n) is 3.85. The third-order valence-corrected chi connectivity index (χ3v) is 3.85. The van der Waals surface area contributed by atoms with E-state index >= 15 is 0 Å². The number of likely N-dealkylation sites (N-methyl/N-ethyl adjacent to an activating group) is 1. The van der Waals surface area contributed by atoms with Gasteiger partial charge in [-0.15, -0.1) is 0 Å². The second-order valence-corrected chi connectivity index (χ2v) is 5.81. The van der Waals surface area contributed by atoms with Crippen molar-refractivity contribution in [2.45, 2.75) is 31.8 Å². The van der Waals surface area contributed by atoms with Gasteiger partial charge in [0.1, 0.15) is 5.82 Å². The van der Waals surface area contributed by atoms with Crippen LogP contribution in [0.5, 0.6) is 0 Å². The van der Waals surface area contributed by atoms with Crippen molar-refractivity contribution in [3.8, 4) is 6.07 Å². The number of benzene rings is 1. The molecule has 2 rings (SSSR count). The summed E-state index contributed by atoms with van der Waals surface area (Å²) in [6.45, 7) is 5.71. The summed E-state index contributed by atoms with van der Waals surface area (Å²) in [7, 11) is 2.03. The van der Waals surface area contributed by atoms with E-state index < -0.39 is 0 Å². The number of rotatable bonds is 2. The summed E-state index contributed by atoms with van der Waals surface area (Å²) < 4.78 is 14.0. The van der Waals surface area contributed by atoms with Gasteiger partial charge >= 0.3 is 0 Å². The molecule has 1 unspecified atom stereocenters. The van der Waals surface area contributed by atoms with Gasteiger partial charge in [0.05, 0.1) is 18.2 Å². The van der Waals surface area contributed by atoms with Crippen LogP contribution in [0.2, 0.25) is 0 Å². The predicted molar refractivity (Wildman–Crippen MR) is 74.5 cm³/mol. The SMILES string of the molecule is CN1CC(C)(C)N(c2ccccc2F)CC1CC#N. The summed E-state index contributed by atoms with van der Waals surface area (Å²) >= 11 is 0. The van der Waals surface area contributed by atoms with Crippen LogP contribution in [0.1, 0.15) is 20.3 Å². The molecule has 1 aliphatic heterocycles. The van der Waals surface area contributed by atoms with Gasteiger partial charge in [-0.05, 0) is 33.0 Å². The first-order chi connectivity index (χ1) is 8.95. The monoisotopic (exact) mass is 261 g/mol. The number of nitrogens with zero attached hydrogens (tertiary/aromatic N) is 3. The van der Waals surface area contributed by atoms with Gasteiger partial charge in [0, 0.05) is 24.7 Å². The maximum absolute atomic E-state index is 14.0. The Bertz CT molecular complexity index is 492. The van der Waals surface area contributed by atoms with Crippen molar-refractivity contribution in [2.75, 3.05) is 25.0 Å². The number of hydrogen-bond donors (Lipinski definition) is 0. The smallest absolute Gasteiger partial charge is 0.146 e. The minimum absolute atomic E-state index is 0.150. The largest absolute Gasteiger partial charge is 0.361 e. The summed E-state index contributed by atoms with van der Waals surface area (Å²) in [4.78, 5) is 4.28. The van der Waals surface area contributed by atoms with Gasteiger partial charge in [-0.25, -0.2) is 4.39 Å². The van der Waals surface area contributed by atoms with E-state index in [-0.39, 0.29) is 17.4 Å². The molecule has 0 spiro atoms. The van der Waals surface area contributed by atoms with E-state index in [2.05, 4.69) is 29.7 Å². The molecule has 102 valence electrons. The van der Waals surface area contributed by atoms with Crippen LogP contribution in [0.25, 0.3) is 0 Å². The molecule has 1 atom stereocenters. The molecule has 0 aliphatic carbocycles. The number of halogens is 1. The van der Waals surface area contributed by atoms with Gasteiger partial charge in [-0.3, -0.25) is 4.90 Å². The second-order valence-electron chi connectivity index (χ2n) is 5.81. The van der Waals surface area contributed by atoms with Gasteiger partial charge < -0.3 is 4.90 Å². The molecule has 0 aromatic heterocycles. The lowest BCUT2D eigenvalue weighted by molar-refractivity contribution is 0.152. The first-order valence-electron chi connectivity index (χ1n) is 6.55. The van der Waals surface area contributed by atoms with E-state index in [0.717, 1.165) is 6.54 Å². The van der Waals surface area contributed by atoms with Gasteiger partial charge in [-0.1, -0.05) is 12.1 Å². The lowest BCUT2D eigenvalue weighted by Gasteiger charge is -2.51. The molecular weight excluding hydrogens is 241 g/mol. The highest BCUT2D eigenvalue weighted by atomic mass is 19.1. The Morgan fingerprint density at radius 1 is 1.42 bits per heavy atom. The molecule has 1 aliphatic rings. The Labute approximate surface area is 114 Å². The number of nitriles is 1. The van der Waals surface area contributed by atoms with Crippen LogP contribution in [0, 0.1) is 17.1 Å². The zero-order valence-corrected chi connectivity index (χ0v) is 11.7. The number of hydrogen-bond acceptors (Lipinski definition) is 3. The van der Waals surface area contributed by atoms with E-state index in [1.807, 2.05) is 19.2 Å². The molecule has 1 aromatic rings. The van der Waals surface area contributed by atoms with Crippen molar-refractivity contribution in [1.82, 2.24) is 4.90 Å². The van der Waals surface area contributed by atoms with E-state index in [0.29, 0.717) is 18.7 Å². The fourth-order valence-corrected chi connectivity index (χ4v) is 2.84. The molecule has 0 amide bonds. The summed E-state index contributed by atoms with van der Waals surface area (Å²) in [5.74, 6) is -0.198. The topological polar surface area (TPSA) is 30.3 Å². The minimum atomic E-state index is -0.198. The summed E-state index contributed by atoms with van der Waals surface area (Å²) in [6, 6.07) is 9.23. The fourth-order valence-electron chi connectivity index (χ4n) is 2.84. The van der Waals surface area contributed by atoms with Crippen molar-refractivity contribution < 1.29 is 4.39 Å². The molecule has 1 heterocycles. The van der Waals surface area contributed by atoms with Crippen LogP contribution in [-0.4, -0.2) is 36.6 Å². The maximum Gasteiger partial charge on any atom is 0.146 e. The van der Waals surface area contributed by atoms with Crippen LogP contribution in [0.15, 0.2) is 24.3 Å². The normalized spacial score (nSPS) is 23.1. The second kappa shape index (κ2) is 5.18. The molecule has 19 heavy (non-hydrogen) atoms. The zero-order chi connectivity index (χ0) is 14.0. The summed E-state index contributed by atoms with van der Waals surface area (Å²) in [6.07, 6.45) is 0.470. The Kier molecular flexibility index (Phi) is 3.77. The van der Waals surface area contributed by atoms with Crippen molar-refractivity contribution in [3.05, 3.63) is 30.1 Å². The Morgan fingerprint density at radius 2 is 2.11 bits per heavy atom. The van der Waals surface area contributed by atoms with Crippen LogP contribution in [0.4, 0.5) is 10.1 Å². The third kappa shape index (κ3) is 2.71. The lowest BCUT2D eigenvalue weighted by Crippen LogP contribution is -2.62. The van der Waals surface area contributed by atoms with Crippen LogP contribution < -0.4 is 4.90 Å². The Hall–Kier alpha value is -1.60. The molecule has 1 aromatic carbocycles. The van der Waals surface area contributed by atoms with Crippen molar-refractivity contribution in [2.24, 2.45) is 0 Å². The summed E-state index contributed by atoms with van der Waals surface area (Å²) in [5.41, 5.74) is 0.478. The molecule has 0 saturated carbocycles. The molecule has 4 heteroatoms. The van der Waals surface area contributed by atoms with Crippen molar-refractivity contribution in [1.29, 1.82) is 5.26 Å². The standard InChI is InChI=1S/C15H20FN3/c1-15(2)11-18(3)12(8-9-17)10-19(15)14-7-5-4-6-13(14)16/h4-7,12H,8,10-11H2,1-3H3. The first kappa shape index (κ1) is 13.8. The van der Waals surface area contributed by atoms with E-state index in [4.69, 9.17) is 5.26 Å². The fraction of sp³-hybridized carbons (Fsp3) is 0.533. The quantitative estimate of drug-likeness (QED) is 0.820. The first-order valence-corrected chi connectivity index (χ1v) is 6.55. The number of para-hydroxylation sites is 1. The molecule has 3 nitrogen and oxygen atoms in total. The van der Waals surface area contributed by atoms with Gasteiger partial charge in [0.25, 0.3) is 0 Å². The highest BCUT2D eigenvalue weighted by Crippen LogP contribution is 2.31. The van der Waals surface area contributed by atoms with E-state index in [1.54, 1.807) is 6.07 Å². The average molecular weight is 261 g/mol. The Morgan fingerprint density at radius 3 is 2.74 bits per heavy atom.